The van der Waals surface area contributed by atoms with Crippen molar-refractivity contribution in [2.45, 2.75) is 32.7 Å². The van der Waals surface area contributed by atoms with Gasteiger partial charge in [0.25, 0.3) is 5.91 Å². The van der Waals surface area contributed by atoms with Gasteiger partial charge >= 0.3 is 0 Å². The van der Waals surface area contributed by atoms with Gasteiger partial charge in [0.15, 0.2) is 0 Å². The molecule has 22 heavy (non-hydrogen) atoms. The Kier molecular flexibility index (Phi) is 7.67. The summed E-state index contributed by atoms with van der Waals surface area (Å²) in [6.07, 6.45) is 0.445. The molecule has 0 aliphatic rings. The molecule has 0 bridgehead atoms. The highest BCUT2D eigenvalue weighted by atomic mass is 16.2. The monoisotopic (exact) mass is 305 g/mol. The molecule has 0 spiro atoms. The number of benzene rings is 1. The Hall–Kier alpha value is -2.37. The molecule has 120 valence electrons. The van der Waals surface area contributed by atoms with Crippen LogP contribution >= 0.6 is 0 Å². The van der Waals surface area contributed by atoms with Crippen LogP contribution in [0.15, 0.2) is 30.3 Å². The maximum Gasteiger partial charge on any atom is 0.251 e. The summed E-state index contributed by atoms with van der Waals surface area (Å²) >= 11 is 0. The zero-order valence-corrected chi connectivity index (χ0v) is 13.0. The third kappa shape index (κ3) is 5.95. The van der Waals surface area contributed by atoms with Crippen molar-refractivity contribution in [1.82, 2.24) is 16.0 Å². The van der Waals surface area contributed by atoms with E-state index in [1.54, 1.807) is 31.2 Å². The minimum Gasteiger partial charge on any atom is -0.356 e. The fourth-order valence-corrected chi connectivity index (χ4v) is 1.96. The molecule has 1 aromatic carbocycles. The number of carbonyl (C=O) groups excluding carboxylic acids is 3. The van der Waals surface area contributed by atoms with Gasteiger partial charge in [0.1, 0.15) is 6.04 Å². The molecule has 0 saturated carbocycles. The SMILES string of the molecule is CCNC(=O)CC[C@H](NC(=O)c1ccccc1)C(=O)NCC. The van der Waals surface area contributed by atoms with E-state index in [2.05, 4.69) is 16.0 Å². The molecular weight excluding hydrogens is 282 g/mol. The topological polar surface area (TPSA) is 87.3 Å². The molecule has 0 aliphatic carbocycles. The van der Waals surface area contributed by atoms with Crippen molar-refractivity contribution in [1.29, 1.82) is 0 Å². The van der Waals surface area contributed by atoms with Gasteiger partial charge in [-0.2, -0.15) is 0 Å². The van der Waals surface area contributed by atoms with Crippen LogP contribution in [-0.4, -0.2) is 36.9 Å². The van der Waals surface area contributed by atoms with Crippen LogP contribution in [0.1, 0.15) is 37.0 Å². The summed E-state index contributed by atoms with van der Waals surface area (Å²) in [5.74, 6) is -0.741. The number of hydrogen-bond acceptors (Lipinski definition) is 3. The fraction of sp³-hybridized carbons (Fsp3) is 0.438. The van der Waals surface area contributed by atoms with Crippen molar-refractivity contribution >= 4 is 17.7 Å². The van der Waals surface area contributed by atoms with Crippen LogP contribution < -0.4 is 16.0 Å². The highest BCUT2D eigenvalue weighted by Gasteiger charge is 2.21. The Morgan fingerprint density at radius 1 is 1.00 bits per heavy atom. The highest BCUT2D eigenvalue weighted by molar-refractivity contribution is 5.97. The molecule has 6 nitrogen and oxygen atoms in total. The van der Waals surface area contributed by atoms with E-state index in [1.165, 1.54) is 0 Å². The van der Waals surface area contributed by atoms with Gasteiger partial charge < -0.3 is 16.0 Å². The molecule has 0 radical (unpaired) electrons. The van der Waals surface area contributed by atoms with E-state index in [4.69, 9.17) is 0 Å². The second-order valence-electron chi connectivity index (χ2n) is 4.78. The predicted molar refractivity (Wildman–Crippen MR) is 84.3 cm³/mol. The molecule has 0 fully saturated rings. The van der Waals surface area contributed by atoms with Crippen LogP contribution in [0.4, 0.5) is 0 Å². The quantitative estimate of drug-likeness (QED) is 0.665. The lowest BCUT2D eigenvalue weighted by Gasteiger charge is -2.18. The molecule has 1 aromatic rings. The van der Waals surface area contributed by atoms with Gasteiger partial charge in [0.2, 0.25) is 11.8 Å². The number of nitrogens with one attached hydrogen (secondary N) is 3. The first-order valence-electron chi connectivity index (χ1n) is 7.48. The van der Waals surface area contributed by atoms with Crippen LogP contribution in [0.5, 0.6) is 0 Å². The Bertz CT molecular complexity index is 503. The van der Waals surface area contributed by atoms with Crippen molar-refractivity contribution < 1.29 is 14.4 Å². The summed E-state index contributed by atoms with van der Waals surface area (Å²) in [7, 11) is 0. The van der Waals surface area contributed by atoms with Crippen molar-refractivity contribution in [3.63, 3.8) is 0 Å². The first-order valence-corrected chi connectivity index (χ1v) is 7.48. The first-order chi connectivity index (χ1) is 10.6. The lowest BCUT2D eigenvalue weighted by molar-refractivity contribution is -0.123. The maximum absolute atomic E-state index is 12.1. The normalized spacial score (nSPS) is 11.4. The number of rotatable bonds is 8. The number of likely N-dealkylation sites (N-methyl/N-ethyl adjacent to an activating group) is 1. The third-order valence-electron chi connectivity index (χ3n) is 3.04. The van der Waals surface area contributed by atoms with E-state index < -0.39 is 6.04 Å². The van der Waals surface area contributed by atoms with Gasteiger partial charge in [-0.1, -0.05) is 18.2 Å². The summed E-state index contributed by atoms with van der Waals surface area (Å²) < 4.78 is 0. The Labute approximate surface area is 130 Å². The van der Waals surface area contributed by atoms with Crippen LogP contribution in [0.25, 0.3) is 0 Å². The summed E-state index contributed by atoms with van der Waals surface area (Å²) in [5, 5.41) is 8.03. The van der Waals surface area contributed by atoms with Gasteiger partial charge in [0, 0.05) is 25.1 Å². The van der Waals surface area contributed by atoms with Gasteiger partial charge in [-0.15, -0.1) is 0 Å². The van der Waals surface area contributed by atoms with Gasteiger partial charge in [0.05, 0.1) is 0 Å². The molecule has 1 atom stereocenters. The molecule has 3 N–H and O–H groups in total. The Morgan fingerprint density at radius 3 is 2.23 bits per heavy atom. The van der Waals surface area contributed by atoms with E-state index >= 15 is 0 Å². The van der Waals surface area contributed by atoms with Gasteiger partial charge in [-0.3, -0.25) is 14.4 Å². The van der Waals surface area contributed by atoms with Crippen molar-refractivity contribution in [3.8, 4) is 0 Å². The molecule has 0 heterocycles. The standard InChI is InChI=1S/C16H23N3O3/c1-3-17-14(20)11-10-13(16(22)18-4-2)19-15(21)12-8-6-5-7-9-12/h5-9,13H,3-4,10-11H2,1-2H3,(H,17,20)(H,18,22)(H,19,21)/t13-/m0/s1. The summed E-state index contributed by atoms with van der Waals surface area (Å²) in [6.45, 7) is 4.65. The zero-order chi connectivity index (χ0) is 16.4. The van der Waals surface area contributed by atoms with E-state index in [0.717, 1.165) is 0 Å². The highest BCUT2D eigenvalue weighted by Crippen LogP contribution is 2.03. The van der Waals surface area contributed by atoms with Crippen LogP contribution in [0.2, 0.25) is 0 Å². The number of hydrogen-bond donors (Lipinski definition) is 3. The van der Waals surface area contributed by atoms with Gasteiger partial charge in [-0.25, -0.2) is 0 Å². The largest absolute Gasteiger partial charge is 0.356 e. The second kappa shape index (κ2) is 9.55. The van der Waals surface area contributed by atoms with E-state index in [1.807, 2.05) is 13.0 Å². The van der Waals surface area contributed by atoms with Crippen LogP contribution in [0.3, 0.4) is 0 Å². The molecule has 0 aromatic heterocycles. The van der Waals surface area contributed by atoms with E-state index in [0.29, 0.717) is 18.7 Å². The molecule has 0 unspecified atom stereocenters. The average Bonchev–Trinajstić information content (AvgIpc) is 2.52. The molecule has 1 rings (SSSR count). The molecule has 0 aliphatic heterocycles. The van der Waals surface area contributed by atoms with E-state index in [-0.39, 0.29) is 30.6 Å². The number of amides is 3. The van der Waals surface area contributed by atoms with Crippen molar-refractivity contribution in [3.05, 3.63) is 35.9 Å². The van der Waals surface area contributed by atoms with Crippen molar-refractivity contribution in [2.75, 3.05) is 13.1 Å². The molecular formula is C16H23N3O3. The lowest BCUT2D eigenvalue weighted by Crippen LogP contribution is -2.47. The summed E-state index contributed by atoms with van der Waals surface area (Å²) in [5.41, 5.74) is 0.481. The van der Waals surface area contributed by atoms with Crippen LogP contribution in [-0.2, 0) is 9.59 Å². The first kappa shape index (κ1) is 17.7. The molecule has 0 saturated heterocycles. The third-order valence-corrected chi connectivity index (χ3v) is 3.04. The van der Waals surface area contributed by atoms with Crippen molar-refractivity contribution in [2.24, 2.45) is 0 Å². The predicted octanol–water partition coefficient (Wildman–Crippen LogP) is 0.837. The molecule has 3 amide bonds. The molecule has 6 heteroatoms. The Morgan fingerprint density at radius 2 is 1.64 bits per heavy atom. The minimum absolute atomic E-state index is 0.134. The zero-order valence-electron chi connectivity index (χ0n) is 13.0. The van der Waals surface area contributed by atoms with Gasteiger partial charge in [-0.05, 0) is 32.4 Å². The van der Waals surface area contributed by atoms with E-state index in [9.17, 15) is 14.4 Å². The fourth-order valence-electron chi connectivity index (χ4n) is 1.96. The lowest BCUT2D eigenvalue weighted by atomic mass is 10.1. The van der Waals surface area contributed by atoms with Crippen LogP contribution in [0, 0.1) is 0 Å². The summed E-state index contributed by atoms with van der Waals surface area (Å²) in [6, 6.07) is 7.94. The minimum atomic E-state index is -0.727. The second-order valence-corrected chi connectivity index (χ2v) is 4.78. The smallest absolute Gasteiger partial charge is 0.251 e. The maximum atomic E-state index is 12.1. The number of carbonyl (C=O) groups is 3. The summed E-state index contributed by atoms with van der Waals surface area (Å²) in [4.78, 5) is 35.7. The Balaban J connectivity index is 2.67. The average molecular weight is 305 g/mol.